The molecule has 2 aromatic heterocycles. The van der Waals surface area contributed by atoms with Crippen molar-refractivity contribution in [1.29, 1.82) is 5.26 Å². The van der Waals surface area contributed by atoms with Crippen molar-refractivity contribution in [2.45, 2.75) is 13.8 Å². The highest BCUT2D eigenvalue weighted by atomic mass is 16.3. The predicted octanol–water partition coefficient (Wildman–Crippen LogP) is 4.57. The van der Waals surface area contributed by atoms with E-state index >= 15 is 0 Å². The SMILES string of the molecule is Cc1cc[n+](C)c(-c2c(C)cc(C#N)c3oc4ccccc4c23)c1. The second-order valence-electron chi connectivity index (χ2n) is 6.23. The van der Waals surface area contributed by atoms with Gasteiger partial charge < -0.3 is 4.42 Å². The number of pyridine rings is 1. The van der Waals surface area contributed by atoms with E-state index in [4.69, 9.17) is 4.42 Å². The van der Waals surface area contributed by atoms with Crippen LogP contribution in [0.25, 0.3) is 33.2 Å². The summed E-state index contributed by atoms with van der Waals surface area (Å²) < 4.78 is 8.14. The number of hydrogen-bond donors (Lipinski definition) is 0. The summed E-state index contributed by atoms with van der Waals surface area (Å²) in [6.45, 7) is 4.15. The summed E-state index contributed by atoms with van der Waals surface area (Å²) in [7, 11) is 2.04. The Morgan fingerprint density at radius 2 is 1.88 bits per heavy atom. The Kier molecular flexibility index (Phi) is 3.14. The van der Waals surface area contributed by atoms with Gasteiger partial charge in [-0.05, 0) is 37.1 Å². The highest BCUT2D eigenvalue weighted by Crippen LogP contribution is 2.39. The van der Waals surface area contributed by atoms with E-state index in [-0.39, 0.29) is 0 Å². The molecule has 3 nitrogen and oxygen atoms in total. The fourth-order valence-electron chi connectivity index (χ4n) is 3.37. The van der Waals surface area contributed by atoms with Crippen LogP contribution in [-0.4, -0.2) is 0 Å². The first-order valence-electron chi connectivity index (χ1n) is 7.91. The van der Waals surface area contributed by atoms with E-state index in [1.54, 1.807) is 0 Å². The molecule has 24 heavy (non-hydrogen) atoms. The van der Waals surface area contributed by atoms with Crippen LogP contribution < -0.4 is 4.57 Å². The van der Waals surface area contributed by atoms with Crippen LogP contribution >= 0.6 is 0 Å². The van der Waals surface area contributed by atoms with Crippen molar-refractivity contribution in [3.63, 3.8) is 0 Å². The van der Waals surface area contributed by atoms with Crippen molar-refractivity contribution in [3.8, 4) is 17.3 Å². The molecular weight excluding hydrogens is 296 g/mol. The van der Waals surface area contributed by atoms with Crippen molar-refractivity contribution >= 4 is 21.9 Å². The normalized spacial score (nSPS) is 11.1. The Morgan fingerprint density at radius 1 is 1.08 bits per heavy atom. The smallest absolute Gasteiger partial charge is 0.213 e. The Bertz CT molecular complexity index is 1150. The summed E-state index contributed by atoms with van der Waals surface area (Å²) in [4.78, 5) is 0. The molecule has 0 N–H and O–H groups in total. The van der Waals surface area contributed by atoms with E-state index < -0.39 is 0 Å². The molecule has 0 unspecified atom stereocenters. The Labute approximate surface area is 140 Å². The van der Waals surface area contributed by atoms with Crippen molar-refractivity contribution in [2.24, 2.45) is 7.05 Å². The summed E-state index contributed by atoms with van der Waals surface area (Å²) in [5, 5.41) is 11.6. The van der Waals surface area contributed by atoms with E-state index in [2.05, 4.69) is 48.9 Å². The number of aromatic nitrogens is 1. The van der Waals surface area contributed by atoms with E-state index in [9.17, 15) is 5.26 Å². The zero-order chi connectivity index (χ0) is 16.8. The van der Waals surface area contributed by atoms with E-state index in [0.29, 0.717) is 11.1 Å². The lowest BCUT2D eigenvalue weighted by Gasteiger charge is -2.08. The number of furan rings is 1. The van der Waals surface area contributed by atoms with Gasteiger partial charge in [0.1, 0.15) is 18.7 Å². The summed E-state index contributed by atoms with van der Waals surface area (Å²) >= 11 is 0. The van der Waals surface area contributed by atoms with Gasteiger partial charge in [0.25, 0.3) is 0 Å². The number of nitrogens with zero attached hydrogens (tertiary/aromatic N) is 2. The van der Waals surface area contributed by atoms with Gasteiger partial charge in [-0.1, -0.05) is 18.2 Å². The molecule has 0 amide bonds. The second kappa shape index (κ2) is 5.21. The molecule has 0 atom stereocenters. The molecule has 4 rings (SSSR count). The summed E-state index contributed by atoms with van der Waals surface area (Å²) in [6, 6.07) is 16.4. The van der Waals surface area contributed by atoms with Crippen LogP contribution in [0, 0.1) is 25.2 Å². The zero-order valence-electron chi connectivity index (χ0n) is 13.9. The standard InChI is InChI=1S/C21H17N2O/c1-13-8-9-23(3)17(10-13)19-14(2)11-15(12-22)21-20(19)16-6-4-5-7-18(16)24-21/h4-11H,1-3H3/q+1. The largest absolute Gasteiger partial charge is 0.455 e. The number of aryl methyl sites for hydroxylation is 3. The van der Waals surface area contributed by atoms with Crippen LogP contribution in [0.5, 0.6) is 0 Å². The Balaban J connectivity index is 2.26. The Morgan fingerprint density at radius 3 is 2.67 bits per heavy atom. The van der Waals surface area contributed by atoms with Gasteiger partial charge in [-0.3, -0.25) is 0 Å². The molecule has 4 aromatic rings. The van der Waals surface area contributed by atoms with Crippen LogP contribution in [0.4, 0.5) is 0 Å². The monoisotopic (exact) mass is 313 g/mol. The number of rotatable bonds is 1. The molecule has 0 fully saturated rings. The van der Waals surface area contributed by atoms with Crippen LogP contribution in [0.2, 0.25) is 0 Å². The maximum absolute atomic E-state index is 9.53. The highest BCUT2D eigenvalue weighted by Gasteiger charge is 2.22. The maximum Gasteiger partial charge on any atom is 0.213 e. The minimum Gasteiger partial charge on any atom is -0.455 e. The van der Waals surface area contributed by atoms with E-state index in [1.165, 1.54) is 5.56 Å². The van der Waals surface area contributed by atoms with Crippen LogP contribution in [0.1, 0.15) is 16.7 Å². The molecule has 2 aromatic carbocycles. The highest BCUT2D eigenvalue weighted by molar-refractivity contribution is 6.14. The summed E-state index contributed by atoms with van der Waals surface area (Å²) in [5.74, 6) is 0. The quantitative estimate of drug-likeness (QED) is 0.483. The number of fused-ring (bicyclic) bond motifs is 3. The second-order valence-corrected chi connectivity index (χ2v) is 6.23. The third kappa shape index (κ3) is 2.00. The van der Waals surface area contributed by atoms with Crippen LogP contribution in [-0.2, 0) is 7.05 Å². The van der Waals surface area contributed by atoms with Gasteiger partial charge in [-0.2, -0.15) is 5.26 Å². The molecular formula is C21H17N2O+. The van der Waals surface area contributed by atoms with E-state index in [1.807, 2.05) is 31.3 Å². The third-order valence-corrected chi connectivity index (χ3v) is 4.53. The fourth-order valence-corrected chi connectivity index (χ4v) is 3.37. The lowest BCUT2D eigenvalue weighted by atomic mass is 9.95. The first kappa shape index (κ1) is 14.5. The van der Waals surface area contributed by atoms with Gasteiger partial charge in [0.15, 0.2) is 11.8 Å². The van der Waals surface area contributed by atoms with Crippen LogP contribution in [0.3, 0.4) is 0 Å². The van der Waals surface area contributed by atoms with Gasteiger partial charge in [-0.15, -0.1) is 0 Å². The van der Waals surface area contributed by atoms with Gasteiger partial charge in [-0.25, -0.2) is 4.57 Å². The molecule has 0 saturated carbocycles. The molecule has 116 valence electrons. The minimum atomic E-state index is 0.581. The van der Waals surface area contributed by atoms with Crippen molar-refractivity contribution in [3.05, 3.63) is 65.4 Å². The average Bonchev–Trinajstić information content (AvgIpc) is 2.96. The number of benzene rings is 2. The van der Waals surface area contributed by atoms with Gasteiger partial charge in [0.2, 0.25) is 5.69 Å². The number of hydrogen-bond acceptors (Lipinski definition) is 2. The molecule has 0 spiro atoms. The molecule has 2 heterocycles. The van der Waals surface area contributed by atoms with Crippen LogP contribution in [0.15, 0.2) is 53.1 Å². The zero-order valence-corrected chi connectivity index (χ0v) is 13.9. The Hall–Kier alpha value is -3.12. The molecule has 0 aliphatic carbocycles. The van der Waals surface area contributed by atoms with Crippen molar-refractivity contribution in [2.75, 3.05) is 0 Å². The summed E-state index contributed by atoms with van der Waals surface area (Å²) in [5.41, 5.74) is 6.58. The van der Waals surface area contributed by atoms with Gasteiger partial charge in [0.05, 0.1) is 11.1 Å². The molecule has 3 heteroatoms. The lowest BCUT2D eigenvalue weighted by molar-refractivity contribution is -0.660. The molecule has 0 aliphatic rings. The van der Waals surface area contributed by atoms with Crippen molar-refractivity contribution in [1.82, 2.24) is 0 Å². The molecule has 0 saturated heterocycles. The number of nitriles is 1. The van der Waals surface area contributed by atoms with Crippen molar-refractivity contribution < 1.29 is 8.98 Å². The average molecular weight is 313 g/mol. The topological polar surface area (TPSA) is 40.8 Å². The molecule has 0 aliphatic heterocycles. The van der Waals surface area contributed by atoms with Gasteiger partial charge >= 0.3 is 0 Å². The summed E-state index contributed by atoms with van der Waals surface area (Å²) in [6.07, 6.45) is 2.07. The fraction of sp³-hybridized carbons (Fsp3) is 0.143. The first-order chi connectivity index (χ1) is 11.6. The molecule has 0 radical (unpaired) electrons. The first-order valence-corrected chi connectivity index (χ1v) is 7.91. The lowest BCUT2D eigenvalue weighted by Crippen LogP contribution is -2.30. The predicted molar refractivity (Wildman–Crippen MR) is 94.5 cm³/mol. The molecule has 0 bridgehead atoms. The maximum atomic E-state index is 9.53. The third-order valence-electron chi connectivity index (χ3n) is 4.53. The number of para-hydroxylation sites is 1. The van der Waals surface area contributed by atoms with Gasteiger partial charge in [0, 0.05) is 22.9 Å². The van der Waals surface area contributed by atoms with E-state index in [0.717, 1.165) is 33.2 Å². The minimum absolute atomic E-state index is 0.581.